The summed E-state index contributed by atoms with van der Waals surface area (Å²) in [4.78, 5) is 26.6. The first-order chi connectivity index (χ1) is 13.6. The number of amides is 3. The predicted molar refractivity (Wildman–Crippen MR) is 109 cm³/mol. The molecule has 1 saturated heterocycles. The zero-order valence-electron chi connectivity index (χ0n) is 16.1. The fourth-order valence-electron chi connectivity index (χ4n) is 2.73. The number of imide groups is 1. The van der Waals surface area contributed by atoms with Gasteiger partial charge in [-0.3, -0.25) is 14.6 Å². The molecule has 1 aliphatic heterocycles. The van der Waals surface area contributed by atoms with Gasteiger partial charge in [-0.25, -0.2) is 17.5 Å². The third kappa shape index (κ3) is 4.21. The first-order valence-electron chi connectivity index (χ1n) is 8.63. The molecular formula is C19H20ClN3O5S. The van der Waals surface area contributed by atoms with E-state index >= 15 is 0 Å². The molecule has 1 fully saturated rings. The molecule has 0 unspecified atom stereocenters. The second kappa shape index (κ2) is 8.02. The van der Waals surface area contributed by atoms with Crippen molar-refractivity contribution in [1.29, 1.82) is 0 Å². The number of carbonyl (C=O) groups is 2. The summed E-state index contributed by atoms with van der Waals surface area (Å²) in [6.45, 7) is -0.0200. The van der Waals surface area contributed by atoms with Crippen LogP contribution in [0.5, 0.6) is 5.75 Å². The lowest BCUT2D eigenvalue weighted by Crippen LogP contribution is -2.30. The molecule has 0 spiro atoms. The number of urea groups is 1. The van der Waals surface area contributed by atoms with Gasteiger partial charge in [-0.1, -0.05) is 23.7 Å². The van der Waals surface area contributed by atoms with Crippen molar-refractivity contribution in [3.63, 3.8) is 0 Å². The van der Waals surface area contributed by atoms with Gasteiger partial charge in [0.05, 0.1) is 10.6 Å². The Hall–Kier alpha value is -2.62. The van der Waals surface area contributed by atoms with Crippen LogP contribution < -0.4 is 9.64 Å². The molecule has 10 heteroatoms. The van der Waals surface area contributed by atoms with E-state index in [0.29, 0.717) is 10.7 Å². The molecule has 3 amide bonds. The van der Waals surface area contributed by atoms with Gasteiger partial charge in [-0.05, 0) is 29.8 Å². The topological polar surface area (TPSA) is 87.2 Å². The minimum atomic E-state index is -3.71. The number of rotatable bonds is 6. The van der Waals surface area contributed by atoms with Gasteiger partial charge < -0.3 is 4.74 Å². The highest BCUT2D eigenvalue weighted by Gasteiger charge is 2.36. The van der Waals surface area contributed by atoms with Crippen molar-refractivity contribution in [2.24, 2.45) is 0 Å². The molecule has 29 heavy (non-hydrogen) atoms. The second-order valence-electron chi connectivity index (χ2n) is 6.65. The van der Waals surface area contributed by atoms with E-state index in [1.165, 1.54) is 44.2 Å². The lowest BCUT2D eigenvalue weighted by molar-refractivity contribution is -0.123. The van der Waals surface area contributed by atoms with Crippen LogP contribution in [-0.4, -0.2) is 57.2 Å². The molecule has 0 N–H and O–H groups in total. The number of benzene rings is 2. The minimum Gasteiger partial charge on any atom is -0.487 e. The third-order valence-corrected chi connectivity index (χ3v) is 6.56. The maximum Gasteiger partial charge on any atom is 0.331 e. The van der Waals surface area contributed by atoms with Crippen LogP contribution in [0.1, 0.15) is 5.56 Å². The summed E-state index contributed by atoms with van der Waals surface area (Å²) in [6, 6.07) is 10.7. The van der Waals surface area contributed by atoms with Crippen LogP contribution in [0, 0.1) is 0 Å². The Morgan fingerprint density at radius 2 is 1.76 bits per heavy atom. The van der Waals surface area contributed by atoms with Crippen LogP contribution in [0.25, 0.3) is 0 Å². The van der Waals surface area contributed by atoms with E-state index in [1.54, 1.807) is 24.3 Å². The number of hydrogen-bond donors (Lipinski definition) is 0. The van der Waals surface area contributed by atoms with Crippen molar-refractivity contribution in [3.8, 4) is 5.75 Å². The van der Waals surface area contributed by atoms with Crippen LogP contribution >= 0.6 is 11.6 Å². The van der Waals surface area contributed by atoms with E-state index in [-0.39, 0.29) is 29.7 Å². The Morgan fingerprint density at radius 1 is 1.10 bits per heavy atom. The van der Waals surface area contributed by atoms with Crippen molar-refractivity contribution in [1.82, 2.24) is 9.21 Å². The highest BCUT2D eigenvalue weighted by Crippen LogP contribution is 2.34. The molecule has 2 aromatic carbocycles. The fourth-order valence-corrected chi connectivity index (χ4v) is 3.77. The van der Waals surface area contributed by atoms with Gasteiger partial charge in [0.25, 0.3) is 0 Å². The Balaban J connectivity index is 2.00. The molecule has 0 atom stereocenters. The first-order valence-corrected chi connectivity index (χ1v) is 10.4. The highest BCUT2D eigenvalue weighted by molar-refractivity contribution is 7.89. The average molecular weight is 438 g/mol. The van der Waals surface area contributed by atoms with Crippen LogP contribution in [0.3, 0.4) is 0 Å². The van der Waals surface area contributed by atoms with Gasteiger partial charge in [-0.2, -0.15) is 0 Å². The number of carbonyl (C=O) groups excluding carboxylic acids is 2. The zero-order chi connectivity index (χ0) is 21.3. The third-order valence-electron chi connectivity index (χ3n) is 4.49. The standard InChI is InChI=1S/C19H20ClN3O5S/c1-21(2)29(26,27)15-8-9-16(23-11-18(24)22(3)19(23)25)17(10-15)28-12-13-4-6-14(20)7-5-13/h4-10H,11-12H2,1-3H3. The summed E-state index contributed by atoms with van der Waals surface area (Å²) < 4.78 is 32.0. The molecule has 0 bridgehead atoms. The fraction of sp³-hybridized carbons (Fsp3) is 0.263. The maximum atomic E-state index is 12.5. The van der Waals surface area contributed by atoms with E-state index in [9.17, 15) is 18.0 Å². The summed E-state index contributed by atoms with van der Waals surface area (Å²) in [5.74, 6) is -0.178. The van der Waals surface area contributed by atoms with Gasteiger partial charge in [0.15, 0.2) is 0 Å². The van der Waals surface area contributed by atoms with E-state index < -0.39 is 16.1 Å². The Morgan fingerprint density at radius 3 is 2.31 bits per heavy atom. The first kappa shape index (κ1) is 21.1. The lowest BCUT2D eigenvalue weighted by Gasteiger charge is -2.21. The summed E-state index contributed by atoms with van der Waals surface area (Å²) in [6.07, 6.45) is 0. The number of likely N-dealkylation sites (N-methyl/N-ethyl adjacent to an activating group) is 1. The smallest absolute Gasteiger partial charge is 0.331 e. The number of ether oxygens (including phenoxy) is 1. The average Bonchev–Trinajstić information content (AvgIpc) is 2.94. The predicted octanol–water partition coefficient (Wildman–Crippen LogP) is 2.57. The van der Waals surface area contributed by atoms with E-state index in [2.05, 4.69) is 0 Å². The van der Waals surface area contributed by atoms with Crippen molar-refractivity contribution < 1.29 is 22.7 Å². The molecule has 3 rings (SSSR count). The molecule has 0 aliphatic carbocycles. The number of anilines is 1. The monoisotopic (exact) mass is 437 g/mol. The molecule has 0 aromatic heterocycles. The van der Waals surface area contributed by atoms with Crippen LogP contribution in [0.15, 0.2) is 47.4 Å². The lowest BCUT2D eigenvalue weighted by atomic mass is 10.2. The largest absolute Gasteiger partial charge is 0.487 e. The van der Waals surface area contributed by atoms with Crippen molar-refractivity contribution in [2.75, 3.05) is 32.6 Å². The summed E-state index contributed by atoms with van der Waals surface area (Å²) >= 11 is 5.89. The summed E-state index contributed by atoms with van der Waals surface area (Å²) in [7, 11) is 0.536. The van der Waals surface area contributed by atoms with Crippen molar-refractivity contribution in [2.45, 2.75) is 11.5 Å². The summed E-state index contributed by atoms with van der Waals surface area (Å²) in [5.41, 5.74) is 1.13. The number of hydrogen-bond acceptors (Lipinski definition) is 5. The normalized spacial score (nSPS) is 14.8. The van der Waals surface area contributed by atoms with Crippen molar-refractivity contribution >= 4 is 39.2 Å². The van der Waals surface area contributed by atoms with E-state index in [0.717, 1.165) is 14.8 Å². The number of sulfonamides is 1. The van der Waals surface area contributed by atoms with Gasteiger partial charge >= 0.3 is 6.03 Å². The van der Waals surface area contributed by atoms with Crippen LogP contribution in [0.2, 0.25) is 5.02 Å². The Labute approximate surface area is 174 Å². The Bertz CT molecular complexity index is 1050. The van der Waals surface area contributed by atoms with Gasteiger partial charge in [0.1, 0.15) is 18.9 Å². The molecule has 2 aromatic rings. The molecule has 1 aliphatic rings. The number of halogens is 1. The molecular weight excluding hydrogens is 418 g/mol. The zero-order valence-corrected chi connectivity index (χ0v) is 17.7. The summed E-state index contributed by atoms with van der Waals surface area (Å²) in [5, 5.41) is 0.581. The molecule has 0 radical (unpaired) electrons. The quantitative estimate of drug-likeness (QED) is 0.648. The maximum absolute atomic E-state index is 12.5. The van der Waals surface area contributed by atoms with Gasteiger partial charge in [0.2, 0.25) is 15.9 Å². The number of nitrogens with zero attached hydrogens (tertiary/aromatic N) is 3. The highest BCUT2D eigenvalue weighted by atomic mass is 35.5. The molecule has 154 valence electrons. The van der Waals surface area contributed by atoms with E-state index in [1.807, 2.05) is 0 Å². The van der Waals surface area contributed by atoms with Crippen LogP contribution in [-0.2, 0) is 21.4 Å². The minimum absolute atomic E-state index is 0.0173. The Kier molecular flexibility index (Phi) is 5.83. The molecule has 8 nitrogen and oxygen atoms in total. The van der Waals surface area contributed by atoms with E-state index in [4.69, 9.17) is 16.3 Å². The van der Waals surface area contributed by atoms with Crippen LogP contribution in [0.4, 0.5) is 10.5 Å². The van der Waals surface area contributed by atoms with Gasteiger partial charge in [0, 0.05) is 32.2 Å². The second-order valence-corrected chi connectivity index (χ2v) is 9.24. The SMILES string of the molecule is CN1C(=O)CN(c2ccc(S(=O)(=O)N(C)C)cc2OCc2ccc(Cl)cc2)C1=O. The molecule has 1 heterocycles. The van der Waals surface area contributed by atoms with Crippen molar-refractivity contribution in [3.05, 3.63) is 53.1 Å². The molecule has 0 saturated carbocycles. The van der Waals surface area contributed by atoms with Gasteiger partial charge in [-0.15, -0.1) is 0 Å².